The molecule has 27 heavy (non-hydrogen) atoms. The van der Waals surface area contributed by atoms with Crippen molar-refractivity contribution in [2.45, 2.75) is 0 Å². The van der Waals surface area contributed by atoms with Gasteiger partial charge in [0.05, 0.1) is 28.4 Å². The maximum absolute atomic E-state index is 9.82. The summed E-state index contributed by atoms with van der Waals surface area (Å²) < 4.78 is 5.20. The van der Waals surface area contributed by atoms with E-state index < -0.39 is 0 Å². The second kappa shape index (κ2) is 7.51. The third-order valence-corrected chi connectivity index (χ3v) is 4.61. The molecule has 0 fully saturated rings. The lowest BCUT2D eigenvalue weighted by Gasteiger charge is -2.14. The Morgan fingerprint density at radius 3 is 2.41 bits per heavy atom. The Morgan fingerprint density at radius 1 is 1.04 bits per heavy atom. The van der Waals surface area contributed by atoms with Crippen LogP contribution in [0.2, 0.25) is 10.0 Å². The highest BCUT2D eigenvalue weighted by Gasteiger charge is 2.22. The molecule has 2 aromatic heterocycles. The summed E-state index contributed by atoms with van der Waals surface area (Å²) in [7, 11) is 1.52. The van der Waals surface area contributed by atoms with Crippen molar-refractivity contribution in [3.05, 3.63) is 57.7 Å². The summed E-state index contributed by atoms with van der Waals surface area (Å²) in [4.78, 5) is 8.49. The van der Waals surface area contributed by atoms with Crippen molar-refractivity contribution in [1.82, 2.24) is 9.97 Å². The van der Waals surface area contributed by atoms with Gasteiger partial charge in [-0.05, 0) is 23.8 Å². The number of methoxy groups -OCH3 is 1. The van der Waals surface area contributed by atoms with E-state index in [0.717, 1.165) is 0 Å². The monoisotopic (exact) mass is 395 g/mol. The predicted octanol–water partition coefficient (Wildman–Crippen LogP) is 4.45. The van der Waals surface area contributed by atoms with Gasteiger partial charge in [0.15, 0.2) is 0 Å². The lowest BCUT2D eigenvalue weighted by molar-refractivity contribution is 0.414. The fourth-order valence-electron chi connectivity index (χ4n) is 2.62. The van der Waals surface area contributed by atoms with Gasteiger partial charge in [-0.2, -0.15) is 10.5 Å². The first-order valence-electron chi connectivity index (χ1n) is 7.59. The predicted molar refractivity (Wildman–Crippen MR) is 103 cm³/mol. The molecule has 2 N–H and O–H groups in total. The number of nitriles is 2. The summed E-state index contributed by atoms with van der Waals surface area (Å²) in [6.45, 7) is 0. The summed E-state index contributed by atoms with van der Waals surface area (Å²) in [6.07, 6.45) is 1.53. The normalized spacial score (nSPS) is 10.1. The van der Waals surface area contributed by atoms with Gasteiger partial charge < -0.3 is 10.5 Å². The number of nitrogen functional groups attached to an aromatic ring is 1. The molecule has 6 nitrogen and oxygen atoms in total. The first-order chi connectivity index (χ1) is 13.0. The molecule has 0 radical (unpaired) electrons. The minimum Gasteiger partial charge on any atom is -0.497 e. The molecule has 132 valence electrons. The van der Waals surface area contributed by atoms with E-state index in [9.17, 15) is 10.5 Å². The zero-order valence-corrected chi connectivity index (χ0v) is 15.5. The van der Waals surface area contributed by atoms with Gasteiger partial charge in [0.1, 0.15) is 35.0 Å². The van der Waals surface area contributed by atoms with Crippen LogP contribution in [0.15, 0.2) is 36.5 Å². The maximum atomic E-state index is 9.82. The number of pyridine rings is 2. The number of hydrogen-bond donors (Lipinski definition) is 1. The Morgan fingerprint density at radius 2 is 1.78 bits per heavy atom. The van der Waals surface area contributed by atoms with Crippen LogP contribution in [0.3, 0.4) is 0 Å². The second-order valence-electron chi connectivity index (χ2n) is 5.40. The van der Waals surface area contributed by atoms with Crippen LogP contribution >= 0.6 is 23.2 Å². The van der Waals surface area contributed by atoms with Crippen molar-refractivity contribution >= 4 is 29.0 Å². The third kappa shape index (κ3) is 3.37. The van der Waals surface area contributed by atoms with Crippen molar-refractivity contribution < 1.29 is 4.74 Å². The number of rotatable bonds is 3. The van der Waals surface area contributed by atoms with Crippen molar-refractivity contribution in [1.29, 1.82) is 10.5 Å². The summed E-state index contributed by atoms with van der Waals surface area (Å²) in [5, 5.41) is 20.0. The number of anilines is 1. The summed E-state index contributed by atoms with van der Waals surface area (Å²) in [6, 6.07) is 12.2. The molecule has 0 aliphatic carbocycles. The van der Waals surface area contributed by atoms with Crippen LogP contribution in [-0.4, -0.2) is 17.1 Å². The zero-order chi connectivity index (χ0) is 19.6. The average molecular weight is 396 g/mol. The molecule has 3 rings (SSSR count). The molecule has 0 unspecified atom stereocenters. The van der Waals surface area contributed by atoms with Gasteiger partial charge in [-0.1, -0.05) is 29.3 Å². The number of nitrogens with zero attached hydrogens (tertiary/aromatic N) is 4. The minimum atomic E-state index is -0.0165. The summed E-state index contributed by atoms with van der Waals surface area (Å²) in [5.74, 6) is 0.530. The van der Waals surface area contributed by atoms with E-state index in [1.54, 1.807) is 30.3 Å². The Balaban J connectivity index is 2.38. The van der Waals surface area contributed by atoms with E-state index in [0.29, 0.717) is 32.6 Å². The quantitative estimate of drug-likeness (QED) is 0.701. The largest absolute Gasteiger partial charge is 0.497 e. The molecule has 1 aromatic carbocycles. The highest BCUT2D eigenvalue weighted by molar-refractivity contribution is 6.42. The van der Waals surface area contributed by atoms with Crippen LogP contribution in [0.25, 0.3) is 22.5 Å². The smallest absolute Gasteiger partial charge is 0.142 e. The Labute approximate surface area is 165 Å². The van der Waals surface area contributed by atoms with Gasteiger partial charge in [-0.3, -0.25) is 4.98 Å². The van der Waals surface area contributed by atoms with Crippen molar-refractivity contribution in [2.24, 2.45) is 0 Å². The molecule has 2 heterocycles. The van der Waals surface area contributed by atoms with Crippen LogP contribution in [0.5, 0.6) is 5.75 Å². The molecule has 0 aliphatic rings. The minimum absolute atomic E-state index is 0.0165. The Hall–Kier alpha value is -3.32. The maximum Gasteiger partial charge on any atom is 0.142 e. The number of ether oxygens (including phenoxy) is 1. The molecule has 0 bridgehead atoms. The molecular weight excluding hydrogens is 385 g/mol. The molecule has 3 aromatic rings. The number of halogens is 2. The number of hydrogen-bond acceptors (Lipinski definition) is 6. The first-order valence-corrected chi connectivity index (χ1v) is 8.35. The van der Waals surface area contributed by atoms with Crippen LogP contribution in [0.4, 0.5) is 5.82 Å². The SMILES string of the molecule is COc1ccnc(-c2nc(N)c(C#N)c(-c3ccc(Cl)c(Cl)c3)c2C#N)c1. The Bertz CT molecular complexity index is 1130. The lowest BCUT2D eigenvalue weighted by Crippen LogP contribution is -2.04. The first kappa shape index (κ1) is 18.5. The fraction of sp³-hybridized carbons (Fsp3) is 0.0526. The molecule has 0 amide bonds. The standard InChI is InChI=1S/C19H11Cl2N5O/c1-27-11-4-5-25-16(7-11)18-12(8-22)17(13(9-23)19(24)26-18)10-2-3-14(20)15(21)6-10/h2-7H,1H3,(H2,24,26). The van der Waals surface area contributed by atoms with Gasteiger partial charge in [-0.15, -0.1) is 0 Å². The van der Waals surface area contributed by atoms with E-state index in [1.165, 1.54) is 13.3 Å². The highest BCUT2D eigenvalue weighted by Crippen LogP contribution is 2.38. The summed E-state index contributed by atoms with van der Waals surface area (Å²) in [5.41, 5.74) is 7.73. The average Bonchev–Trinajstić information content (AvgIpc) is 2.69. The number of benzene rings is 1. The lowest BCUT2D eigenvalue weighted by atomic mass is 9.93. The number of nitrogens with two attached hydrogens (primary N) is 1. The molecular formula is C19H11Cl2N5O. The second-order valence-corrected chi connectivity index (χ2v) is 6.22. The van der Waals surface area contributed by atoms with Gasteiger partial charge in [0, 0.05) is 17.8 Å². The van der Waals surface area contributed by atoms with E-state index in [2.05, 4.69) is 16.0 Å². The van der Waals surface area contributed by atoms with Gasteiger partial charge in [0.2, 0.25) is 0 Å². The van der Waals surface area contributed by atoms with Crippen molar-refractivity contribution in [2.75, 3.05) is 12.8 Å². The molecule has 0 atom stereocenters. The highest BCUT2D eigenvalue weighted by atomic mass is 35.5. The topological polar surface area (TPSA) is 109 Å². The van der Waals surface area contributed by atoms with Gasteiger partial charge >= 0.3 is 0 Å². The zero-order valence-electron chi connectivity index (χ0n) is 14.0. The van der Waals surface area contributed by atoms with Gasteiger partial charge in [0.25, 0.3) is 0 Å². The van der Waals surface area contributed by atoms with Crippen LogP contribution in [0, 0.1) is 22.7 Å². The summed E-state index contributed by atoms with van der Waals surface area (Å²) >= 11 is 12.1. The van der Waals surface area contributed by atoms with E-state index in [4.69, 9.17) is 33.7 Å². The fourth-order valence-corrected chi connectivity index (χ4v) is 2.92. The third-order valence-electron chi connectivity index (χ3n) is 3.87. The van der Waals surface area contributed by atoms with Gasteiger partial charge in [-0.25, -0.2) is 4.98 Å². The van der Waals surface area contributed by atoms with Crippen LogP contribution in [0.1, 0.15) is 11.1 Å². The number of aromatic nitrogens is 2. The van der Waals surface area contributed by atoms with E-state index in [1.807, 2.05) is 6.07 Å². The van der Waals surface area contributed by atoms with E-state index >= 15 is 0 Å². The molecule has 0 saturated carbocycles. The molecule has 0 saturated heterocycles. The van der Waals surface area contributed by atoms with Crippen LogP contribution < -0.4 is 10.5 Å². The molecule has 0 aliphatic heterocycles. The molecule has 8 heteroatoms. The Kier molecular flexibility index (Phi) is 5.14. The van der Waals surface area contributed by atoms with Crippen molar-refractivity contribution in [3.8, 4) is 40.4 Å². The van der Waals surface area contributed by atoms with Crippen LogP contribution in [-0.2, 0) is 0 Å². The van der Waals surface area contributed by atoms with E-state index in [-0.39, 0.29) is 22.6 Å². The van der Waals surface area contributed by atoms with Crippen molar-refractivity contribution in [3.63, 3.8) is 0 Å². The molecule has 0 spiro atoms.